The van der Waals surface area contributed by atoms with Crippen LogP contribution in [0.5, 0.6) is 0 Å². The highest BCUT2D eigenvalue weighted by Crippen LogP contribution is 2.15. The van der Waals surface area contributed by atoms with Crippen molar-refractivity contribution in [2.45, 2.75) is 4.90 Å². The lowest BCUT2D eigenvalue weighted by molar-refractivity contribution is -0.116. The van der Waals surface area contributed by atoms with E-state index in [1.54, 1.807) is 6.07 Å². The van der Waals surface area contributed by atoms with E-state index in [1.807, 2.05) is 0 Å². The number of anilines is 1. The first-order valence-corrected chi connectivity index (χ1v) is 8.24. The Bertz CT molecular complexity index is 795. The molecule has 122 valence electrons. The first-order valence-electron chi connectivity index (χ1n) is 6.42. The Labute approximate surface area is 138 Å². The monoisotopic (exact) mass is 357 g/mol. The van der Waals surface area contributed by atoms with Gasteiger partial charge >= 0.3 is 0 Å². The zero-order chi connectivity index (χ0) is 17.0. The number of rotatable bonds is 5. The van der Waals surface area contributed by atoms with Crippen LogP contribution in [0.15, 0.2) is 47.5 Å². The van der Waals surface area contributed by atoms with Crippen molar-refractivity contribution in [2.75, 3.05) is 18.9 Å². The van der Waals surface area contributed by atoms with Gasteiger partial charge in [0.2, 0.25) is 15.9 Å². The Morgan fingerprint density at radius 3 is 2.48 bits per heavy atom. The van der Waals surface area contributed by atoms with Crippen LogP contribution in [0.1, 0.15) is 0 Å². The van der Waals surface area contributed by atoms with E-state index < -0.39 is 28.3 Å². The summed E-state index contributed by atoms with van der Waals surface area (Å²) in [5, 5.41) is 2.87. The molecule has 0 saturated heterocycles. The minimum Gasteiger partial charge on any atom is -0.310 e. The molecule has 23 heavy (non-hydrogen) atoms. The third-order valence-electron chi connectivity index (χ3n) is 2.88. The Balaban J connectivity index is 2.05. The second-order valence-corrected chi connectivity index (χ2v) is 7.11. The first kappa shape index (κ1) is 17.3. The van der Waals surface area contributed by atoms with Gasteiger partial charge in [0.25, 0.3) is 0 Å². The lowest BCUT2D eigenvalue weighted by Crippen LogP contribution is -2.35. The van der Waals surface area contributed by atoms with Crippen LogP contribution in [0.4, 0.5) is 10.2 Å². The van der Waals surface area contributed by atoms with Crippen LogP contribution in [0.2, 0.25) is 5.02 Å². The summed E-state index contributed by atoms with van der Waals surface area (Å²) < 4.78 is 38.3. The number of amides is 1. The van der Waals surface area contributed by atoms with Crippen molar-refractivity contribution in [3.8, 4) is 0 Å². The standard InChI is InChI=1S/C14H13ClFN3O3S/c1-19(23(21,22)12-5-3-11(16)4-6-12)9-14(20)18-13-7-2-10(15)8-17-13/h2-8H,9H2,1H3,(H,17,18,20). The fraction of sp³-hybridized carbons (Fsp3) is 0.143. The number of halogens is 2. The van der Waals surface area contributed by atoms with Crippen LogP contribution >= 0.6 is 11.6 Å². The molecule has 1 aromatic carbocycles. The zero-order valence-corrected chi connectivity index (χ0v) is 13.6. The van der Waals surface area contributed by atoms with Gasteiger partial charge in [0.05, 0.1) is 16.5 Å². The molecule has 6 nitrogen and oxygen atoms in total. The Hall–Kier alpha value is -2.03. The SMILES string of the molecule is CN(CC(=O)Nc1ccc(Cl)cn1)S(=O)(=O)c1ccc(F)cc1. The molecule has 9 heteroatoms. The van der Waals surface area contributed by atoms with Crippen molar-refractivity contribution in [3.05, 3.63) is 53.4 Å². The number of pyridine rings is 1. The molecule has 1 aromatic heterocycles. The Morgan fingerprint density at radius 1 is 1.26 bits per heavy atom. The number of carbonyl (C=O) groups excluding carboxylic acids is 1. The molecule has 2 rings (SSSR count). The van der Waals surface area contributed by atoms with Gasteiger partial charge in [-0.05, 0) is 36.4 Å². The largest absolute Gasteiger partial charge is 0.310 e. The summed E-state index contributed by atoms with van der Waals surface area (Å²) in [5.74, 6) is -0.849. The smallest absolute Gasteiger partial charge is 0.243 e. The molecule has 0 aliphatic rings. The lowest BCUT2D eigenvalue weighted by atomic mass is 10.4. The quantitative estimate of drug-likeness (QED) is 0.889. The molecule has 0 radical (unpaired) electrons. The molecular formula is C14H13ClFN3O3S. The molecule has 1 heterocycles. The maximum Gasteiger partial charge on any atom is 0.243 e. The summed E-state index contributed by atoms with van der Waals surface area (Å²) >= 11 is 5.68. The van der Waals surface area contributed by atoms with Gasteiger partial charge in [0.15, 0.2) is 0 Å². The minimum absolute atomic E-state index is 0.0983. The highest BCUT2D eigenvalue weighted by molar-refractivity contribution is 7.89. The summed E-state index contributed by atoms with van der Waals surface area (Å²) in [5.41, 5.74) is 0. The van der Waals surface area contributed by atoms with E-state index in [4.69, 9.17) is 11.6 Å². The molecule has 0 bridgehead atoms. The third-order valence-corrected chi connectivity index (χ3v) is 4.92. The minimum atomic E-state index is -3.89. The van der Waals surface area contributed by atoms with Crippen molar-refractivity contribution in [1.82, 2.24) is 9.29 Å². The Morgan fingerprint density at radius 2 is 1.91 bits per heavy atom. The number of hydrogen-bond donors (Lipinski definition) is 1. The van der Waals surface area contributed by atoms with Gasteiger partial charge in [0.1, 0.15) is 11.6 Å². The van der Waals surface area contributed by atoms with E-state index >= 15 is 0 Å². The summed E-state index contributed by atoms with van der Waals surface area (Å²) in [7, 11) is -2.63. The van der Waals surface area contributed by atoms with Gasteiger partial charge in [-0.25, -0.2) is 17.8 Å². The van der Waals surface area contributed by atoms with Gasteiger partial charge in [-0.2, -0.15) is 4.31 Å². The average molecular weight is 358 g/mol. The second kappa shape index (κ2) is 7.03. The highest BCUT2D eigenvalue weighted by Gasteiger charge is 2.23. The number of nitrogens with one attached hydrogen (secondary N) is 1. The molecule has 1 amide bonds. The number of sulfonamides is 1. The summed E-state index contributed by atoms with van der Waals surface area (Å²) in [6.07, 6.45) is 1.36. The fourth-order valence-corrected chi connectivity index (χ4v) is 2.94. The molecule has 0 unspecified atom stereocenters. The van der Waals surface area contributed by atoms with E-state index in [2.05, 4.69) is 10.3 Å². The van der Waals surface area contributed by atoms with Crippen LogP contribution in [-0.2, 0) is 14.8 Å². The molecule has 0 saturated carbocycles. The number of hydrogen-bond acceptors (Lipinski definition) is 4. The van der Waals surface area contributed by atoms with Crippen molar-refractivity contribution >= 4 is 33.3 Å². The molecule has 0 aliphatic heterocycles. The number of carbonyl (C=O) groups is 1. The predicted octanol–water partition coefficient (Wildman–Crippen LogP) is 2.13. The van der Waals surface area contributed by atoms with E-state index in [0.717, 1.165) is 28.6 Å². The van der Waals surface area contributed by atoms with Crippen LogP contribution in [-0.4, -0.2) is 37.2 Å². The number of benzene rings is 1. The maximum absolute atomic E-state index is 12.9. The van der Waals surface area contributed by atoms with Crippen molar-refractivity contribution in [3.63, 3.8) is 0 Å². The number of likely N-dealkylation sites (N-methyl/N-ethyl adjacent to an activating group) is 1. The molecule has 0 atom stereocenters. The van der Waals surface area contributed by atoms with Crippen molar-refractivity contribution in [1.29, 1.82) is 0 Å². The number of aromatic nitrogens is 1. The van der Waals surface area contributed by atoms with Gasteiger partial charge < -0.3 is 5.32 Å². The highest BCUT2D eigenvalue weighted by atomic mass is 35.5. The van der Waals surface area contributed by atoms with E-state index in [-0.39, 0.29) is 10.7 Å². The summed E-state index contributed by atoms with van der Waals surface area (Å²) in [6.45, 7) is -0.413. The molecule has 0 spiro atoms. The molecular weight excluding hydrogens is 345 g/mol. The predicted molar refractivity (Wildman–Crippen MR) is 84.1 cm³/mol. The normalized spacial score (nSPS) is 11.5. The van der Waals surface area contributed by atoms with Crippen LogP contribution < -0.4 is 5.32 Å². The van der Waals surface area contributed by atoms with Gasteiger partial charge in [-0.3, -0.25) is 4.79 Å². The maximum atomic E-state index is 12.9. The average Bonchev–Trinajstić information content (AvgIpc) is 2.50. The van der Waals surface area contributed by atoms with E-state index in [9.17, 15) is 17.6 Å². The summed E-state index contributed by atoms with van der Waals surface area (Å²) in [6, 6.07) is 7.40. The molecule has 0 aliphatic carbocycles. The van der Waals surface area contributed by atoms with Gasteiger partial charge in [-0.1, -0.05) is 11.6 Å². The molecule has 1 N–H and O–H groups in total. The summed E-state index contributed by atoms with van der Waals surface area (Å²) in [4.78, 5) is 15.7. The first-order chi connectivity index (χ1) is 10.8. The lowest BCUT2D eigenvalue weighted by Gasteiger charge is -2.16. The van der Waals surface area contributed by atoms with Crippen LogP contribution in [0, 0.1) is 5.82 Å². The number of nitrogens with zero attached hydrogens (tertiary/aromatic N) is 2. The topological polar surface area (TPSA) is 79.4 Å². The molecule has 2 aromatic rings. The third kappa shape index (κ3) is 4.47. The Kier molecular flexibility index (Phi) is 5.30. The fourth-order valence-electron chi connectivity index (χ4n) is 1.71. The van der Waals surface area contributed by atoms with Gasteiger partial charge in [0, 0.05) is 13.2 Å². The molecule has 0 fully saturated rings. The second-order valence-electron chi connectivity index (χ2n) is 4.62. The van der Waals surface area contributed by atoms with Crippen LogP contribution in [0.3, 0.4) is 0 Å². The van der Waals surface area contributed by atoms with E-state index in [0.29, 0.717) is 5.02 Å². The van der Waals surface area contributed by atoms with Gasteiger partial charge in [-0.15, -0.1) is 0 Å². The van der Waals surface area contributed by atoms with E-state index in [1.165, 1.54) is 19.3 Å². The van der Waals surface area contributed by atoms with Crippen LogP contribution in [0.25, 0.3) is 0 Å². The van der Waals surface area contributed by atoms with Crippen molar-refractivity contribution in [2.24, 2.45) is 0 Å². The zero-order valence-electron chi connectivity index (χ0n) is 12.0. The van der Waals surface area contributed by atoms with Crippen molar-refractivity contribution < 1.29 is 17.6 Å².